The van der Waals surface area contributed by atoms with E-state index in [-0.39, 0.29) is 49.2 Å². The molecule has 2 bridgehead atoms. The number of ether oxygens (including phenoxy) is 1. The lowest BCUT2D eigenvalue weighted by molar-refractivity contribution is -0.0357. The van der Waals surface area contributed by atoms with Crippen LogP contribution in [-0.2, 0) is 6.54 Å². The number of fused-ring (bicyclic) bond motifs is 2. The number of aromatic nitrogens is 3. The van der Waals surface area contributed by atoms with E-state index in [0.717, 1.165) is 23.2 Å². The largest absolute Gasteiger partial charge is 0.472 e. The van der Waals surface area contributed by atoms with E-state index in [1.807, 2.05) is 17.0 Å². The van der Waals surface area contributed by atoms with Crippen LogP contribution >= 0.6 is 11.6 Å². The summed E-state index contributed by atoms with van der Waals surface area (Å²) in [4.78, 5) is 20.7. The smallest absolute Gasteiger partial charge is 0.287 e. The van der Waals surface area contributed by atoms with Crippen molar-refractivity contribution in [1.82, 2.24) is 14.8 Å². The molecule has 3 atom stereocenters. The van der Waals surface area contributed by atoms with Crippen LogP contribution in [0, 0.1) is 0 Å². The van der Waals surface area contributed by atoms with Crippen LogP contribution in [0.2, 0.25) is 5.02 Å². The van der Waals surface area contributed by atoms with Crippen molar-refractivity contribution in [2.75, 3.05) is 29.5 Å². The Morgan fingerprint density at radius 2 is 2.00 bits per heavy atom. The molecular weight excluding hydrogens is 456 g/mol. The van der Waals surface area contributed by atoms with Crippen molar-refractivity contribution >= 4 is 23.0 Å². The summed E-state index contributed by atoms with van der Waals surface area (Å²) in [5.41, 5.74) is 0.968. The molecule has 3 fully saturated rings. The van der Waals surface area contributed by atoms with Crippen molar-refractivity contribution in [3.63, 3.8) is 0 Å². The van der Waals surface area contributed by atoms with Gasteiger partial charge in [-0.25, -0.2) is 18.4 Å². The Morgan fingerprint density at radius 3 is 2.73 bits per heavy atom. The fourth-order valence-corrected chi connectivity index (χ4v) is 5.59. The number of aliphatic hydroxyl groups is 1. The number of hydrogen-bond acceptors (Lipinski definition) is 7. The second-order valence-corrected chi connectivity index (χ2v) is 9.36. The molecule has 0 saturated carbocycles. The van der Waals surface area contributed by atoms with E-state index in [1.54, 1.807) is 6.20 Å². The Labute approximate surface area is 194 Å². The number of halogens is 3. The molecule has 11 heteroatoms. The molecule has 0 aromatic carbocycles. The summed E-state index contributed by atoms with van der Waals surface area (Å²) in [6.07, 6.45) is 5.09. The number of pyridine rings is 1. The summed E-state index contributed by atoms with van der Waals surface area (Å²) in [6, 6.07) is 3.38. The van der Waals surface area contributed by atoms with Crippen molar-refractivity contribution in [2.24, 2.45) is 0 Å². The van der Waals surface area contributed by atoms with Crippen molar-refractivity contribution in [2.45, 2.75) is 62.8 Å². The molecule has 0 aliphatic carbocycles. The Hall–Kier alpha value is -2.46. The van der Waals surface area contributed by atoms with Gasteiger partial charge in [-0.2, -0.15) is 5.10 Å². The summed E-state index contributed by atoms with van der Waals surface area (Å²) >= 11 is 6.27. The molecule has 8 nitrogen and oxygen atoms in total. The molecule has 2 aromatic heterocycles. The van der Waals surface area contributed by atoms with Crippen molar-refractivity contribution < 1.29 is 18.6 Å². The van der Waals surface area contributed by atoms with Crippen LogP contribution in [0.15, 0.2) is 29.3 Å². The summed E-state index contributed by atoms with van der Waals surface area (Å²) in [6.45, 7) is 1.04. The Kier molecular flexibility index (Phi) is 5.90. The van der Waals surface area contributed by atoms with Crippen LogP contribution in [-0.4, -0.2) is 63.7 Å². The molecule has 2 unspecified atom stereocenters. The van der Waals surface area contributed by atoms with Crippen LogP contribution in [0.1, 0.15) is 32.1 Å². The number of aliphatic hydroxyl groups excluding tert-OH is 1. The fraction of sp³-hybridized carbons (Fsp3) is 0.591. The van der Waals surface area contributed by atoms with Gasteiger partial charge in [0.05, 0.1) is 31.6 Å². The van der Waals surface area contributed by atoms with Crippen LogP contribution in [0.5, 0.6) is 5.88 Å². The zero-order valence-corrected chi connectivity index (χ0v) is 18.8. The fourth-order valence-electron chi connectivity index (χ4n) is 5.33. The van der Waals surface area contributed by atoms with Crippen LogP contribution in [0.3, 0.4) is 0 Å². The number of rotatable bonds is 6. The van der Waals surface area contributed by atoms with Crippen molar-refractivity contribution in [1.29, 1.82) is 0 Å². The van der Waals surface area contributed by atoms with Gasteiger partial charge in [0.15, 0.2) is 0 Å². The van der Waals surface area contributed by atoms with E-state index in [0.29, 0.717) is 31.1 Å². The van der Waals surface area contributed by atoms with Gasteiger partial charge in [0.2, 0.25) is 5.88 Å². The lowest BCUT2D eigenvalue weighted by Crippen LogP contribution is -2.47. The summed E-state index contributed by atoms with van der Waals surface area (Å²) in [7, 11) is 0. The van der Waals surface area contributed by atoms with Gasteiger partial charge in [-0.3, -0.25) is 4.79 Å². The van der Waals surface area contributed by atoms with E-state index in [4.69, 9.17) is 21.4 Å². The highest BCUT2D eigenvalue weighted by molar-refractivity contribution is 6.33. The van der Waals surface area contributed by atoms with Gasteiger partial charge >= 0.3 is 0 Å². The average Bonchev–Trinajstić information content (AvgIpc) is 3.34. The Morgan fingerprint density at radius 1 is 1.24 bits per heavy atom. The standard InChI is InChI=1S/C22H26ClF2N5O3/c23-20-18(12-27-29(7-8-31)21(20)32)28-6-4-17(13-28)33-19-9-14(3-5-26-19)30-15-1-2-16(30)11-22(24,25)10-15/h3,5,9,12,15-17,31H,1-2,4,6-8,10-11,13H2/t15?,16?,17-/m1/s1. The van der Waals surface area contributed by atoms with E-state index in [1.165, 1.54) is 6.20 Å². The minimum absolute atomic E-state index is 0.0663. The Bertz CT molecular complexity index is 1070. The number of alkyl halides is 2. The van der Waals surface area contributed by atoms with Gasteiger partial charge in [0.1, 0.15) is 11.1 Å². The Balaban J connectivity index is 1.27. The molecule has 33 heavy (non-hydrogen) atoms. The maximum absolute atomic E-state index is 14.0. The first-order valence-corrected chi connectivity index (χ1v) is 11.6. The maximum atomic E-state index is 14.0. The summed E-state index contributed by atoms with van der Waals surface area (Å²) < 4.78 is 35.2. The minimum atomic E-state index is -2.59. The van der Waals surface area contributed by atoms with Gasteiger partial charge in [0.25, 0.3) is 11.5 Å². The van der Waals surface area contributed by atoms with Gasteiger partial charge < -0.3 is 19.6 Å². The van der Waals surface area contributed by atoms with Crippen LogP contribution < -0.4 is 20.1 Å². The van der Waals surface area contributed by atoms with Crippen molar-refractivity contribution in [3.05, 3.63) is 39.9 Å². The van der Waals surface area contributed by atoms with E-state index >= 15 is 0 Å². The zero-order chi connectivity index (χ0) is 23.2. The van der Waals surface area contributed by atoms with Gasteiger partial charge in [-0.15, -0.1) is 0 Å². The first-order chi connectivity index (χ1) is 15.8. The van der Waals surface area contributed by atoms with E-state index in [9.17, 15) is 13.6 Å². The highest BCUT2D eigenvalue weighted by atomic mass is 35.5. The first kappa shape index (κ1) is 22.3. The number of hydrogen-bond donors (Lipinski definition) is 1. The molecule has 3 saturated heterocycles. The molecule has 5 rings (SSSR count). The summed E-state index contributed by atoms with van der Waals surface area (Å²) in [5.74, 6) is -2.13. The van der Waals surface area contributed by atoms with Crippen LogP contribution in [0.4, 0.5) is 20.2 Å². The molecule has 3 aliphatic heterocycles. The molecular formula is C22H26ClF2N5O3. The normalized spacial score (nSPS) is 26.1. The second-order valence-electron chi connectivity index (χ2n) is 8.98. The van der Waals surface area contributed by atoms with Gasteiger partial charge in [0, 0.05) is 55.8 Å². The molecule has 2 aromatic rings. The number of nitrogens with zero attached hydrogens (tertiary/aromatic N) is 5. The monoisotopic (exact) mass is 481 g/mol. The SMILES string of the molecule is O=c1c(Cl)c(N2CC[C@@H](Oc3cc(N4C5CCC4CC(F)(F)C5)ccn3)C2)cnn1CCO. The molecule has 5 heterocycles. The number of anilines is 2. The molecule has 0 radical (unpaired) electrons. The predicted molar refractivity (Wildman–Crippen MR) is 120 cm³/mol. The van der Waals surface area contributed by atoms with Gasteiger partial charge in [-0.1, -0.05) is 11.6 Å². The molecule has 3 aliphatic rings. The van der Waals surface area contributed by atoms with E-state index < -0.39 is 11.5 Å². The lowest BCUT2D eigenvalue weighted by atomic mass is 9.98. The second kappa shape index (κ2) is 8.72. The van der Waals surface area contributed by atoms with E-state index in [2.05, 4.69) is 15.0 Å². The molecule has 178 valence electrons. The predicted octanol–water partition coefficient (Wildman–Crippen LogP) is 2.71. The quantitative estimate of drug-likeness (QED) is 0.679. The molecule has 0 amide bonds. The average molecular weight is 482 g/mol. The summed E-state index contributed by atoms with van der Waals surface area (Å²) in [5, 5.41) is 13.2. The topological polar surface area (TPSA) is 83.7 Å². The third-order valence-corrected chi connectivity index (χ3v) is 7.11. The third-order valence-electron chi connectivity index (χ3n) is 6.76. The number of piperidine rings is 1. The maximum Gasteiger partial charge on any atom is 0.287 e. The van der Waals surface area contributed by atoms with Gasteiger partial charge in [-0.05, 0) is 18.9 Å². The highest BCUT2D eigenvalue weighted by Gasteiger charge is 2.49. The third kappa shape index (κ3) is 4.38. The van der Waals surface area contributed by atoms with Crippen LogP contribution in [0.25, 0.3) is 0 Å². The van der Waals surface area contributed by atoms with Crippen molar-refractivity contribution in [3.8, 4) is 5.88 Å². The molecule has 1 N–H and O–H groups in total. The lowest BCUT2D eigenvalue weighted by Gasteiger charge is -2.40. The first-order valence-electron chi connectivity index (χ1n) is 11.2. The minimum Gasteiger partial charge on any atom is -0.472 e. The zero-order valence-electron chi connectivity index (χ0n) is 18.0. The molecule has 0 spiro atoms. The highest BCUT2D eigenvalue weighted by Crippen LogP contribution is 2.46.